The molecule has 0 saturated heterocycles. The highest BCUT2D eigenvalue weighted by atomic mass is 79.9. The summed E-state index contributed by atoms with van der Waals surface area (Å²) in [6.45, 7) is 0. The maximum atomic E-state index is 13.6. The van der Waals surface area contributed by atoms with Crippen molar-refractivity contribution in [1.29, 1.82) is 0 Å². The van der Waals surface area contributed by atoms with Crippen LogP contribution in [0.4, 0.5) is 24.7 Å². The lowest BCUT2D eigenvalue weighted by molar-refractivity contribution is 0.549. The molecule has 2 heterocycles. The molecule has 3 rings (SSSR count). The molecule has 1 N–H and O–H groups in total. The highest BCUT2D eigenvalue weighted by molar-refractivity contribution is 9.10. The highest BCUT2D eigenvalue weighted by Gasteiger charge is 2.15. The molecular formula is C12H6BrF3N4. The van der Waals surface area contributed by atoms with Gasteiger partial charge in [-0.25, -0.2) is 23.1 Å². The quantitative estimate of drug-likeness (QED) is 0.772. The van der Waals surface area contributed by atoms with Crippen molar-refractivity contribution in [3.63, 3.8) is 0 Å². The number of nitrogens with zero attached hydrogens (tertiary/aromatic N) is 3. The predicted octanol–water partition coefficient (Wildman–Crippen LogP) is 3.65. The number of halogens is 4. The van der Waals surface area contributed by atoms with Gasteiger partial charge in [-0.3, -0.25) is 0 Å². The Morgan fingerprint density at radius 1 is 1.15 bits per heavy atom. The summed E-state index contributed by atoms with van der Waals surface area (Å²) in [5.74, 6) is -2.93. The van der Waals surface area contributed by atoms with Crippen molar-refractivity contribution < 1.29 is 13.2 Å². The third kappa shape index (κ3) is 2.22. The number of imidazole rings is 1. The standard InChI is InChI=1S/C12H6BrF3N4/c13-9-5-20-2-1-17-12(20)11(18-9)19-10-7(15)3-6(14)4-8(10)16/h1-5H,(H,18,19). The number of rotatable bonds is 2. The Morgan fingerprint density at radius 3 is 2.55 bits per heavy atom. The largest absolute Gasteiger partial charge is 0.332 e. The summed E-state index contributed by atoms with van der Waals surface area (Å²) in [6, 6.07) is 1.18. The van der Waals surface area contributed by atoms with Crippen LogP contribution in [-0.2, 0) is 0 Å². The van der Waals surface area contributed by atoms with Gasteiger partial charge in [0.1, 0.15) is 16.1 Å². The highest BCUT2D eigenvalue weighted by Crippen LogP contribution is 2.26. The van der Waals surface area contributed by atoms with E-state index in [1.165, 1.54) is 6.20 Å². The Morgan fingerprint density at radius 2 is 1.85 bits per heavy atom. The van der Waals surface area contributed by atoms with E-state index >= 15 is 0 Å². The zero-order valence-corrected chi connectivity index (χ0v) is 11.3. The van der Waals surface area contributed by atoms with Crippen LogP contribution in [0.1, 0.15) is 0 Å². The third-order valence-corrected chi connectivity index (χ3v) is 2.98. The summed E-state index contributed by atoms with van der Waals surface area (Å²) in [5, 5.41) is 2.50. The molecule has 0 aliphatic rings. The van der Waals surface area contributed by atoms with E-state index in [1.807, 2.05) is 0 Å². The van der Waals surface area contributed by atoms with Crippen molar-refractivity contribution in [3.05, 3.63) is 52.8 Å². The number of fused-ring (bicyclic) bond motifs is 1. The lowest BCUT2D eigenvalue weighted by atomic mass is 10.2. The van der Waals surface area contributed by atoms with Gasteiger partial charge in [-0.05, 0) is 15.9 Å². The summed E-state index contributed by atoms with van der Waals surface area (Å²) in [7, 11) is 0. The molecule has 20 heavy (non-hydrogen) atoms. The molecule has 8 heteroatoms. The number of aromatic nitrogens is 3. The maximum Gasteiger partial charge on any atom is 0.180 e. The second-order valence-electron chi connectivity index (χ2n) is 3.94. The smallest absolute Gasteiger partial charge is 0.180 e. The van der Waals surface area contributed by atoms with Crippen molar-refractivity contribution in [2.24, 2.45) is 0 Å². The van der Waals surface area contributed by atoms with Crippen LogP contribution in [0.25, 0.3) is 5.65 Å². The SMILES string of the molecule is Fc1cc(F)c(Nc2nc(Br)cn3ccnc23)c(F)c1. The lowest BCUT2D eigenvalue weighted by Gasteiger charge is -2.09. The van der Waals surface area contributed by atoms with E-state index in [2.05, 4.69) is 31.2 Å². The minimum Gasteiger partial charge on any atom is -0.332 e. The van der Waals surface area contributed by atoms with Gasteiger partial charge in [0, 0.05) is 30.7 Å². The van der Waals surface area contributed by atoms with E-state index in [0.717, 1.165) is 0 Å². The molecule has 102 valence electrons. The molecule has 0 spiro atoms. The average Bonchev–Trinajstić information content (AvgIpc) is 2.81. The monoisotopic (exact) mass is 342 g/mol. The van der Waals surface area contributed by atoms with Crippen LogP contribution in [0, 0.1) is 17.5 Å². The van der Waals surface area contributed by atoms with Crippen LogP contribution in [0.2, 0.25) is 0 Å². The summed E-state index contributed by atoms with van der Waals surface area (Å²) < 4.78 is 42.2. The molecule has 0 saturated carbocycles. The average molecular weight is 343 g/mol. The molecule has 0 fully saturated rings. The number of hydrogen-bond donors (Lipinski definition) is 1. The van der Waals surface area contributed by atoms with Gasteiger partial charge in [0.05, 0.1) is 0 Å². The minimum absolute atomic E-state index is 0.147. The van der Waals surface area contributed by atoms with Crippen LogP contribution in [0.5, 0.6) is 0 Å². The lowest BCUT2D eigenvalue weighted by Crippen LogP contribution is -2.03. The summed E-state index contributed by atoms with van der Waals surface area (Å²) in [4.78, 5) is 8.10. The number of hydrogen-bond acceptors (Lipinski definition) is 3. The first-order valence-electron chi connectivity index (χ1n) is 5.45. The van der Waals surface area contributed by atoms with Gasteiger partial charge in [0.2, 0.25) is 0 Å². The van der Waals surface area contributed by atoms with Gasteiger partial charge in [0.15, 0.2) is 23.1 Å². The first-order chi connectivity index (χ1) is 9.54. The predicted molar refractivity (Wildman–Crippen MR) is 70.3 cm³/mol. The van der Waals surface area contributed by atoms with E-state index in [1.54, 1.807) is 16.8 Å². The third-order valence-electron chi connectivity index (χ3n) is 2.59. The van der Waals surface area contributed by atoms with Gasteiger partial charge in [-0.15, -0.1) is 0 Å². The van der Waals surface area contributed by atoms with Crippen molar-refractivity contribution >= 4 is 33.1 Å². The van der Waals surface area contributed by atoms with Crippen LogP contribution < -0.4 is 5.32 Å². The molecule has 0 aliphatic heterocycles. The van der Waals surface area contributed by atoms with E-state index in [4.69, 9.17) is 0 Å². The Hall–Kier alpha value is -2.09. The van der Waals surface area contributed by atoms with Crippen LogP contribution in [0.3, 0.4) is 0 Å². The second-order valence-corrected chi connectivity index (χ2v) is 4.75. The Balaban J connectivity index is 2.12. The molecule has 1 aromatic carbocycles. The molecule has 2 aromatic heterocycles. The first-order valence-corrected chi connectivity index (χ1v) is 6.24. The molecule has 4 nitrogen and oxygen atoms in total. The summed E-state index contributed by atoms with van der Waals surface area (Å²) in [6.07, 6.45) is 4.82. The van der Waals surface area contributed by atoms with E-state index in [-0.39, 0.29) is 5.82 Å². The molecule has 0 unspecified atom stereocenters. The molecule has 3 aromatic rings. The fraction of sp³-hybridized carbons (Fsp3) is 0. The van der Waals surface area contributed by atoms with Crippen molar-refractivity contribution in [2.75, 3.05) is 5.32 Å². The fourth-order valence-electron chi connectivity index (χ4n) is 1.76. The number of nitrogens with one attached hydrogen (secondary N) is 1. The first kappa shape index (κ1) is 12.9. The van der Waals surface area contributed by atoms with Gasteiger partial charge in [-0.1, -0.05) is 0 Å². The zero-order chi connectivity index (χ0) is 14.3. The Kier molecular flexibility index (Phi) is 3.09. The van der Waals surface area contributed by atoms with Crippen molar-refractivity contribution in [1.82, 2.24) is 14.4 Å². The molecule has 0 amide bonds. The molecule has 0 atom stereocenters. The van der Waals surface area contributed by atoms with Crippen LogP contribution in [0.15, 0.2) is 35.3 Å². The van der Waals surface area contributed by atoms with Gasteiger partial charge in [0.25, 0.3) is 0 Å². The topological polar surface area (TPSA) is 42.2 Å². The molecule has 0 aliphatic carbocycles. The van der Waals surface area contributed by atoms with Crippen molar-refractivity contribution in [3.8, 4) is 0 Å². The molecular weight excluding hydrogens is 337 g/mol. The minimum atomic E-state index is -1.05. The van der Waals surface area contributed by atoms with Crippen molar-refractivity contribution in [2.45, 2.75) is 0 Å². The van der Waals surface area contributed by atoms with E-state index < -0.39 is 23.1 Å². The summed E-state index contributed by atoms with van der Waals surface area (Å²) in [5.41, 5.74) is -0.0989. The summed E-state index contributed by atoms with van der Waals surface area (Å²) >= 11 is 3.18. The van der Waals surface area contributed by atoms with Gasteiger partial charge >= 0.3 is 0 Å². The second kappa shape index (κ2) is 4.78. The van der Waals surface area contributed by atoms with Crippen LogP contribution >= 0.6 is 15.9 Å². The van der Waals surface area contributed by atoms with Gasteiger partial charge < -0.3 is 9.72 Å². The van der Waals surface area contributed by atoms with E-state index in [0.29, 0.717) is 22.4 Å². The molecule has 0 bridgehead atoms. The van der Waals surface area contributed by atoms with Gasteiger partial charge in [-0.2, -0.15) is 0 Å². The molecule has 0 radical (unpaired) electrons. The zero-order valence-electron chi connectivity index (χ0n) is 9.74. The normalized spacial score (nSPS) is 11.0. The maximum absolute atomic E-state index is 13.6. The van der Waals surface area contributed by atoms with E-state index in [9.17, 15) is 13.2 Å². The van der Waals surface area contributed by atoms with Crippen LogP contribution in [-0.4, -0.2) is 14.4 Å². The fourth-order valence-corrected chi connectivity index (χ4v) is 2.16. The number of benzene rings is 1. The Bertz CT molecular complexity index is 779. The Labute approximate surface area is 119 Å². The number of anilines is 2.